The fraction of sp³-hybridized carbons (Fsp3) is 0. The summed E-state index contributed by atoms with van der Waals surface area (Å²) in [6.45, 7) is 0. The predicted molar refractivity (Wildman–Crippen MR) is 95.9 cm³/mol. The van der Waals surface area contributed by atoms with Gasteiger partial charge in [-0.05, 0) is 6.07 Å². The molecule has 0 atom stereocenters. The number of aromatic nitrogens is 2. The van der Waals surface area contributed by atoms with Crippen molar-refractivity contribution in [2.45, 2.75) is 0 Å². The quantitative estimate of drug-likeness (QED) is 0.367. The van der Waals surface area contributed by atoms with E-state index in [1.807, 2.05) is 84.9 Å². The molecule has 25 heavy (non-hydrogen) atoms. The second kappa shape index (κ2) is 10.3. The van der Waals surface area contributed by atoms with E-state index in [-0.39, 0.29) is 20.1 Å². The van der Waals surface area contributed by atoms with Gasteiger partial charge in [-0.15, -0.1) is 48.0 Å². The molecular formula is C22H15IrN2. The average Bonchev–Trinajstić information content (AvgIpc) is 2.71. The third-order valence-electron chi connectivity index (χ3n) is 3.27. The smallest absolute Gasteiger partial charge is 0.226 e. The molecule has 3 heteroatoms. The van der Waals surface area contributed by atoms with Crippen molar-refractivity contribution >= 4 is 0 Å². The number of hydrogen-bond acceptors (Lipinski definition) is 2. The Morgan fingerprint density at radius 2 is 1.08 bits per heavy atom. The molecule has 1 aromatic heterocycles. The molecule has 0 bridgehead atoms. The van der Waals surface area contributed by atoms with Crippen molar-refractivity contribution in [2.75, 3.05) is 0 Å². The van der Waals surface area contributed by atoms with Crippen molar-refractivity contribution in [1.29, 1.82) is 0 Å². The van der Waals surface area contributed by atoms with Crippen molar-refractivity contribution in [3.05, 3.63) is 109 Å². The summed E-state index contributed by atoms with van der Waals surface area (Å²) >= 11 is 0. The van der Waals surface area contributed by atoms with Crippen LogP contribution in [0.5, 0.6) is 0 Å². The summed E-state index contributed by atoms with van der Waals surface area (Å²) in [5.41, 5.74) is 4.03. The summed E-state index contributed by atoms with van der Waals surface area (Å²) in [5, 5.41) is 7.76. The maximum absolute atomic E-state index is 3.97. The number of nitrogens with zero attached hydrogens (tertiary/aromatic N) is 2. The average molecular weight is 500 g/mol. The Kier molecular flexibility index (Phi) is 7.71. The van der Waals surface area contributed by atoms with Crippen LogP contribution < -0.4 is 0 Å². The zero-order valence-corrected chi connectivity index (χ0v) is 15.8. The van der Waals surface area contributed by atoms with Crippen LogP contribution in [0.1, 0.15) is 0 Å². The van der Waals surface area contributed by atoms with Gasteiger partial charge >= 0.3 is 20.1 Å². The number of hydrogen-bond donors (Lipinski definition) is 0. The van der Waals surface area contributed by atoms with E-state index in [1.165, 1.54) is 0 Å². The zero-order valence-electron chi connectivity index (χ0n) is 13.4. The Bertz CT molecular complexity index is 686. The van der Waals surface area contributed by atoms with Crippen LogP contribution >= 0.6 is 0 Å². The standard InChI is InChI=1S/C12H8.C10H7N2.Ir/c1-3-7-11(8-4-1)12-9-5-2-6-10-12;1-2-5-9(6-3-1)10-7-4-8-11-12-10;/h1-7,9H;1-5,7-8H;/q-2;-1;+3. The van der Waals surface area contributed by atoms with Gasteiger partial charge in [0.1, 0.15) is 0 Å². The number of rotatable bonds is 2. The van der Waals surface area contributed by atoms with Crippen molar-refractivity contribution in [3.8, 4) is 22.4 Å². The number of benzene rings is 3. The summed E-state index contributed by atoms with van der Waals surface area (Å²) in [6, 6.07) is 36.7. The van der Waals surface area contributed by atoms with Crippen LogP contribution in [-0.4, -0.2) is 10.2 Å². The molecule has 3 aromatic carbocycles. The van der Waals surface area contributed by atoms with Crippen LogP contribution in [0, 0.1) is 18.2 Å². The molecule has 0 radical (unpaired) electrons. The summed E-state index contributed by atoms with van der Waals surface area (Å²) in [4.78, 5) is 0. The fourth-order valence-corrected chi connectivity index (χ4v) is 2.12. The van der Waals surface area contributed by atoms with E-state index in [2.05, 4.69) is 28.4 Å². The molecule has 4 rings (SSSR count). The van der Waals surface area contributed by atoms with E-state index in [1.54, 1.807) is 6.20 Å². The summed E-state index contributed by atoms with van der Waals surface area (Å²) in [7, 11) is 0. The molecule has 2 nitrogen and oxygen atoms in total. The molecule has 0 unspecified atom stereocenters. The normalized spacial score (nSPS) is 9.28. The molecule has 0 aliphatic rings. The van der Waals surface area contributed by atoms with Gasteiger partial charge in [-0.3, -0.25) is 0 Å². The molecule has 0 saturated heterocycles. The minimum Gasteiger partial charge on any atom is -0.226 e. The maximum atomic E-state index is 3.97. The molecule has 0 fully saturated rings. The van der Waals surface area contributed by atoms with Crippen LogP contribution in [0.3, 0.4) is 0 Å². The molecule has 0 amide bonds. The van der Waals surface area contributed by atoms with Gasteiger partial charge in [0, 0.05) is 11.9 Å². The van der Waals surface area contributed by atoms with Crippen LogP contribution in [0.4, 0.5) is 0 Å². The molecule has 0 aliphatic heterocycles. The van der Waals surface area contributed by atoms with E-state index in [0.29, 0.717) is 0 Å². The van der Waals surface area contributed by atoms with E-state index < -0.39 is 0 Å². The first-order chi connectivity index (χ1) is 11.9. The molecule has 0 aliphatic carbocycles. The second-order valence-electron chi connectivity index (χ2n) is 4.94. The van der Waals surface area contributed by atoms with Crippen molar-refractivity contribution in [1.82, 2.24) is 10.2 Å². The predicted octanol–water partition coefficient (Wildman–Crippen LogP) is 4.90. The third kappa shape index (κ3) is 5.75. The fourth-order valence-electron chi connectivity index (χ4n) is 2.12. The first-order valence-corrected chi connectivity index (χ1v) is 7.62. The second-order valence-corrected chi connectivity index (χ2v) is 4.94. The Morgan fingerprint density at radius 1 is 0.560 bits per heavy atom. The molecule has 0 saturated carbocycles. The van der Waals surface area contributed by atoms with E-state index >= 15 is 0 Å². The monoisotopic (exact) mass is 500 g/mol. The maximum Gasteiger partial charge on any atom is 3.00 e. The van der Waals surface area contributed by atoms with Crippen molar-refractivity contribution < 1.29 is 20.1 Å². The minimum atomic E-state index is 0. The third-order valence-corrected chi connectivity index (χ3v) is 3.27. The summed E-state index contributed by atoms with van der Waals surface area (Å²) < 4.78 is 0. The molecule has 0 spiro atoms. The van der Waals surface area contributed by atoms with E-state index in [0.717, 1.165) is 22.4 Å². The van der Waals surface area contributed by atoms with Crippen molar-refractivity contribution in [2.24, 2.45) is 0 Å². The molecule has 0 N–H and O–H groups in total. The van der Waals surface area contributed by atoms with Crippen molar-refractivity contribution in [3.63, 3.8) is 0 Å². The van der Waals surface area contributed by atoms with Gasteiger partial charge in [0.15, 0.2) is 0 Å². The van der Waals surface area contributed by atoms with Gasteiger partial charge in [0.05, 0.1) is 0 Å². The summed E-state index contributed by atoms with van der Waals surface area (Å²) in [5.74, 6) is 0. The first-order valence-electron chi connectivity index (χ1n) is 7.62. The van der Waals surface area contributed by atoms with E-state index in [9.17, 15) is 0 Å². The topological polar surface area (TPSA) is 25.8 Å². The van der Waals surface area contributed by atoms with Crippen LogP contribution in [0.15, 0.2) is 91.1 Å². The van der Waals surface area contributed by atoms with Gasteiger partial charge in [-0.2, -0.15) is 53.6 Å². The largest absolute Gasteiger partial charge is 3.00 e. The van der Waals surface area contributed by atoms with Crippen LogP contribution in [-0.2, 0) is 20.1 Å². The Labute approximate surface area is 161 Å². The Morgan fingerprint density at radius 3 is 1.48 bits per heavy atom. The van der Waals surface area contributed by atoms with Gasteiger partial charge in [0.25, 0.3) is 0 Å². The summed E-state index contributed by atoms with van der Waals surface area (Å²) in [6.07, 6.45) is 1.66. The van der Waals surface area contributed by atoms with Crippen LogP contribution in [0.25, 0.3) is 22.4 Å². The SMILES string of the molecule is [Ir+3].[c-]1ccccc1-c1[c-]cccc1.[c-]1ccccc1-c1cccnn1. The van der Waals surface area contributed by atoms with E-state index in [4.69, 9.17) is 0 Å². The van der Waals surface area contributed by atoms with Gasteiger partial charge < -0.3 is 0 Å². The van der Waals surface area contributed by atoms with Gasteiger partial charge in [0.2, 0.25) is 0 Å². The Balaban J connectivity index is 0.000000173. The molecule has 1 heterocycles. The zero-order chi connectivity index (χ0) is 16.5. The van der Waals surface area contributed by atoms with Crippen LogP contribution in [0.2, 0.25) is 0 Å². The molecule has 122 valence electrons. The first kappa shape index (κ1) is 18.7. The minimum absolute atomic E-state index is 0. The molecular weight excluding hydrogens is 484 g/mol. The van der Waals surface area contributed by atoms with Gasteiger partial charge in [-0.1, -0.05) is 6.07 Å². The Hall–Kier alpha value is -2.61. The van der Waals surface area contributed by atoms with Gasteiger partial charge in [-0.25, -0.2) is 16.2 Å². The molecule has 4 aromatic rings.